The van der Waals surface area contributed by atoms with Crippen molar-refractivity contribution in [3.63, 3.8) is 0 Å². The molecule has 2 aromatic carbocycles. The van der Waals surface area contributed by atoms with Crippen molar-refractivity contribution >= 4 is 38.9 Å². The number of fused-ring (bicyclic) bond motifs is 3. The molecule has 0 radical (unpaired) electrons. The Bertz CT molecular complexity index is 1070. The lowest BCUT2D eigenvalue weighted by molar-refractivity contribution is 0.0955. The maximum Gasteiger partial charge on any atom is 0.253 e. The van der Waals surface area contributed by atoms with Crippen LogP contribution >= 0.6 is 11.3 Å². The van der Waals surface area contributed by atoms with Crippen molar-refractivity contribution in [2.75, 3.05) is 6.54 Å². The van der Waals surface area contributed by atoms with E-state index in [1.165, 1.54) is 0 Å². The third kappa shape index (κ3) is 3.10. The van der Waals surface area contributed by atoms with Crippen LogP contribution in [0.1, 0.15) is 21.1 Å². The molecule has 0 aliphatic carbocycles. The molecule has 25 heavy (non-hydrogen) atoms. The Kier molecular flexibility index (Phi) is 4.15. The van der Waals surface area contributed by atoms with Crippen molar-refractivity contribution in [3.8, 4) is 0 Å². The van der Waals surface area contributed by atoms with E-state index >= 15 is 0 Å². The van der Waals surface area contributed by atoms with E-state index in [2.05, 4.69) is 21.4 Å². The summed E-state index contributed by atoms with van der Waals surface area (Å²) in [5.74, 6) is -0.0959. The molecule has 0 saturated heterocycles. The lowest BCUT2D eigenvalue weighted by Crippen LogP contribution is -2.26. The van der Waals surface area contributed by atoms with Gasteiger partial charge in [-0.15, -0.1) is 11.3 Å². The maximum absolute atomic E-state index is 12.7. The van der Waals surface area contributed by atoms with Crippen LogP contribution < -0.4 is 5.32 Å². The number of nitrogens with one attached hydrogen (secondary N) is 1. The summed E-state index contributed by atoms with van der Waals surface area (Å²) in [7, 11) is 0. The standard InChI is InChI=1S/C20H17N3OS/c1-13-23-15(12-25-13)8-10-22-20(24)18-11-14-5-2-3-6-16(14)17-7-4-9-21-19(17)18/h2-7,9,11-12H,8,10H2,1H3,(H,22,24). The number of hydrogen-bond acceptors (Lipinski definition) is 4. The predicted octanol–water partition coefficient (Wildman–Crippen LogP) is 4.13. The number of aryl methyl sites for hydroxylation is 1. The molecule has 5 heteroatoms. The number of pyridine rings is 1. The van der Waals surface area contributed by atoms with Crippen molar-refractivity contribution in [1.29, 1.82) is 0 Å². The van der Waals surface area contributed by atoms with E-state index in [1.807, 2.05) is 48.7 Å². The highest BCUT2D eigenvalue weighted by Crippen LogP contribution is 2.27. The zero-order chi connectivity index (χ0) is 17.2. The van der Waals surface area contributed by atoms with Crippen molar-refractivity contribution in [1.82, 2.24) is 15.3 Å². The molecule has 0 saturated carbocycles. The molecule has 2 heterocycles. The Labute approximate surface area is 149 Å². The summed E-state index contributed by atoms with van der Waals surface area (Å²) in [5.41, 5.74) is 2.37. The first-order valence-electron chi connectivity index (χ1n) is 8.18. The predicted molar refractivity (Wildman–Crippen MR) is 102 cm³/mol. The number of benzene rings is 2. The molecular weight excluding hydrogens is 330 g/mol. The van der Waals surface area contributed by atoms with Gasteiger partial charge < -0.3 is 5.32 Å². The van der Waals surface area contributed by atoms with Gasteiger partial charge in [0, 0.05) is 29.9 Å². The summed E-state index contributed by atoms with van der Waals surface area (Å²) in [6.07, 6.45) is 2.46. The van der Waals surface area contributed by atoms with E-state index in [-0.39, 0.29) is 5.91 Å². The maximum atomic E-state index is 12.7. The number of nitrogens with zero attached hydrogens (tertiary/aromatic N) is 2. The van der Waals surface area contributed by atoms with Gasteiger partial charge in [0.2, 0.25) is 0 Å². The minimum atomic E-state index is -0.0959. The summed E-state index contributed by atoms with van der Waals surface area (Å²) in [4.78, 5) is 21.6. The summed E-state index contributed by atoms with van der Waals surface area (Å²) in [6.45, 7) is 2.54. The molecule has 0 spiro atoms. The average Bonchev–Trinajstić information content (AvgIpc) is 3.06. The van der Waals surface area contributed by atoms with Crippen LogP contribution in [0.25, 0.3) is 21.7 Å². The molecule has 0 aliphatic rings. The molecule has 0 atom stereocenters. The Balaban J connectivity index is 1.63. The third-order valence-electron chi connectivity index (χ3n) is 4.19. The molecule has 0 bridgehead atoms. The fraction of sp³-hybridized carbons (Fsp3) is 0.150. The van der Waals surface area contributed by atoms with Crippen LogP contribution in [0.15, 0.2) is 54.0 Å². The van der Waals surface area contributed by atoms with E-state index < -0.39 is 0 Å². The summed E-state index contributed by atoms with van der Waals surface area (Å²) < 4.78 is 0. The fourth-order valence-electron chi connectivity index (χ4n) is 3.02. The summed E-state index contributed by atoms with van der Waals surface area (Å²) in [5, 5.41) is 9.24. The Hall–Kier alpha value is -2.79. The molecule has 1 amide bonds. The monoisotopic (exact) mass is 347 g/mol. The second-order valence-corrected chi connectivity index (χ2v) is 6.97. The summed E-state index contributed by atoms with van der Waals surface area (Å²) in [6, 6.07) is 13.9. The zero-order valence-corrected chi connectivity index (χ0v) is 14.6. The smallest absolute Gasteiger partial charge is 0.253 e. The van der Waals surface area contributed by atoms with Crippen molar-refractivity contribution in [2.45, 2.75) is 13.3 Å². The lowest BCUT2D eigenvalue weighted by atomic mass is 10.0. The van der Waals surface area contributed by atoms with Crippen molar-refractivity contribution in [2.24, 2.45) is 0 Å². The third-order valence-corrected chi connectivity index (χ3v) is 5.01. The van der Waals surface area contributed by atoms with Gasteiger partial charge in [-0.05, 0) is 29.8 Å². The van der Waals surface area contributed by atoms with E-state index in [9.17, 15) is 4.79 Å². The number of thiazole rings is 1. The number of aromatic nitrogens is 2. The van der Waals surface area contributed by atoms with E-state index in [0.29, 0.717) is 12.1 Å². The minimum absolute atomic E-state index is 0.0959. The molecule has 0 fully saturated rings. The van der Waals surface area contributed by atoms with Gasteiger partial charge in [-0.1, -0.05) is 30.3 Å². The van der Waals surface area contributed by atoms with Gasteiger partial charge in [0.1, 0.15) is 0 Å². The van der Waals surface area contributed by atoms with E-state index in [4.69, 9.17) is 0 Å². The van der Waals surface area contributed by atoms with Gasteiger partial charge in [-0.25, -0.2) is 4.98 Å². The van der Waals surface area contributed by atoms with Crippen LogP contribution in [-0.2, 0) is 6.42 Å². The largest absolute Gasteiger partial charge is 0.352 e. The molecule has 1 N–H and O–H groups in total. The van der Waals surface area contributed by atoms with Crippen LogP contribution in [0.4, 0.5) is 0 Å². The molecule has 2 aromatic heterocycles. The number of hydrogen-bond donors (Lipinski definition) is 1. The van der Waals surface area contributed by atoms with Crippen LogP contribution in [-0.4, -0.2) is 22.4 Å². The van der Waals surface area contributed by atoms with Crippen LogP contribution in [0.3, 0.4) is 0 Å². The van der Waals surface area contributed by atoms with Gasteiger partial charge in [0.15, 0.2) is 0 Å². The fourth-order valence-corrected chi connectivity index (χ4v) is 3.67. The van der Waals surface area contributed by atoms with E-state index in [0.717, 1.165) is 38.8 Å². The molecule has 0 aliphatic heterocycles. The number of carbonyl (C=O) groups excluding carboxylic acids is 1. The van der Waals surface area contributed by atoms with Crippen LogP contribution in [0, 0.1) is 6.92 Å². The first-order chi connectivity index (χ1) is 12.2. The zero-order valence-electron chi connectivity index (χ0n) is 13.8. The molecule has 4 rings (SSSR count). The average molecular weight is 347 g/mol. The quantitative estimate of drug-likeness (QED) is 0.565. The molecule has 124 valence electrons. The Morgan fingerprint density at radius 2 is 2.00 bits per heavy atom. The summed E-state index contributed by atoms with van der Waals surface area (Å²) >= 11 is 1.63. The first kappa shape index (κ1) is 15.7. The SMILES string of the molecule is Cc1nc(CCNC(=O)c2cc3ccccc3c3cccnc23)cs1. The Morgan fingerprint density at radius 3 is 2.84 bits per heavy atom. The first-order valence-corrected chi connectivity index (χ1v) is 9.06. The highest BCUT2D eigenvalue weighted by molar-refractivity contribution is 7.09. The highest BCUT2D eigenvalue weighted by atomic mass is 32.1. The van der Waals surface area contributed by atoms with Gasteiger partial charge in [-0.3, -0.25) is 9.78 Å². The second-order valence-electron chi connectivity index (χ2n) is 5.91. The highest BCUT2D eigenvalue weighted by Gasteiger charge is 2.13. The molecule has 0 unspecified atom stereocenters. The van der Waals surface area contributed by atoms with Crippen molar-refractivity contribution in [3.05, 3.63) is 70.3 Å². The Morgan fingerprint density at radius 1 is 1.16 bits per heavy atom. The molecule has 4 aromatic rings. The number of carbonyl (C=O) groups is 1. The number of rotatable bonds is 4. The second kappa shape index (κ2) is 6.61. The lowest BCUT2D eigenvalue weighted by Gasteiger charge is -2.10. The van der Waals surface area contributed by atoms with Crippen molar-refractivity contribution < 1.29 is 4.79 Å². The topological polar surface area (TPSA) is 54.9 Å². The van der Waals surface area contributed by atoms with Gasteiger partial charge >= 0.3 is 0 Å². The minimum Gasteiger partial charge on any atom is -0.352 e. The van der Waals surface area contributed by atoms with Crippen LogP contribution in [0.2, 0.25) is 0 Å². The van der Waals surface area contributed by atoms with Gasteiger partial charge in [0.05, 0.1) is 21.8 Å². The normalized spacial score (nSPS) is 11.1. The molecular formula is C20H17N3OS. The van der Waals surface area contributed by atoms with Crippen LogP contribution in [0.5, 0.6) is 0 Å². The van der Waals surface area contributed by atoms with Gasteiger partial charge in [-0.2, -0.15) is 0 Å². The van der Waals surface area contributed by atoms with E-state index in [1.54, 1.807) is 17.5 Å². The van der Waals surface area contributed by atoms with Gasteiger partial charge in [0.25, 0.3) is 5.91 Å². The number of amides is 1. The molecule has 4 nitrogen and oxygen atoms in total.